The molecule has 1 amide bonds. The number of aryl methyl sites for hydroxylation is 1. The fourth-order valence-electron chi connectivity index (χ4n) is 5.89. The lowest BCUT2D eigenvalue weighted by molar-refractivity contribution is -0.121. The van der Waals surface area contributed by atoms with Gasteiger partial charge in [0.05, 0.1) is 17.3 Å². The summed E-state index contributed by atoms with van der Waals surface area (Å²) in [7, 11) is 0. The van der Waals surface area contributed by atoms with Gasteiger partial charge in [0.15, 0.2) is 12.1 Å². The third kappa shape index (κ3) is 5.10. The molecule has 2 saturated heterocycles. The number of aromatic amines is 1. The Morgan fingerprint density at radius 3 is 2.61 bits per heavy atom. The fourth-order valence-corrected chi connectivity index (χ4v) is 6.80. The van der Waals surface area contributed by atoms with Gasteiger partial charge in [-0.1, -0.05) is 13.8 Å². The second-order valence-electron chi connectivity index (χ2n) is 10.2. The Hall–Kier alpha value is -2.99. The molecule has 3 atom stereocenters. The monoisotopic (exact) mass is 511 g/mol. The van der Waals surface area contributed by atoms with Crippen molar-refractivity contribution < 1.29 is 9.59 Å². The molecule has 11 nitrogen and oxygen atoms in total. The van der Waals surface area contributed by atoms with Crippen LogP contribution in [0.1, 0.15) is 96.0 Å². The second kappa shape index (κ2) is 10.6. The van der Waals surface area contributed by atoms with Crippen LogP contribution in [0.5, 0.6) is 0 Å². The summed E-state index contributed by atoms with van der Waals surface area (Å²) in [6.07, 6.45) is 6.31. The molecule has 12 heteroatoms. The zero-order chi connectivity index (χ0) is 25.2. The zero-order valence-corrected chi connectivity index (χ0v) is 21.7. The molecule has 2 N–H and O–H groups in total. The van der Waals surface area contributed by atoms with Crippen LogP contribution in [0.3, 0.4) is 0 Å². The molecule has 192 valence electrons. The van der Waals surface area contributed by atoms with Gasteiger partial charge >= 0.3 is 0 Å². The lowest BCUT2D eigenvalue weighted by Gasteiger charge is -2.40. The van der Waals surface area contributed by atoms with Crippen LogP contribution < -0.4 is 5.32 Å². The number of thiophene rings is 1. The van der Waals surface area contributed by atoms with Crippen LogP contribution in [0.4, 0.5) is 0 Å². The Balaban J connectivity index is 1.26. The van der Waals surface area contributed by atoms with Crippen LogP contribution in [0.25, 0.3) is 0 Å². The highest BCUT2D eigenvalue weighted by atomic mass is 32.1. The maximum Gasteiger partial charge on any atom is 0.228 e. The largest absolute Gasteiger partial charge is 0.348 e. The van der Waals surface area contributed by atoms with Crippen molar-refractivity contribution >= 4 is 23.5 Å². The highest BCUT2D eigenvalue weighted by Crippen LogP contribution is 2.42. The molecule has 3 aromatic heterocycles. The minimum absolute atomic E-state index is 0.0858. The number of H-pyrrole nitrogens is 1. The number of aromatic nitrogens is 7. The standard InChI is InChI=1S/C24H33N9O2S/c1-14(2)24-29-26-15(3)33(24)18-10-16-4-5-17(11-18)32(16)9-8-20(21-7-6-19(13-34)36-21)25-23(35)12-22-27-30-31-28-22/h6-7,13-14,16-18,20H,4-5,8-12H2,1-3H3,(H,25,35)(H,27,28,30,31)/t16?,17?,18?,20-/m0/s1. The van der Waals surface area contributed by atoms with E-state index in [2.05, 4.69) is 66.4 Å². The molecule has 3 aromatic rings. The number of amides is 1. The van der Waals surface area contributed by atoms with Crippen LogP contribution >= 0.6 is 11.3 Å². The van der Waals surface area contributed by atoms with E-state index in [4.69, 9.17) is 0 Å². The molecule has 2 bridgehead atoms. The van der Waals surface area contributed by atoms with Gasteiger partial charge in [0.1, 0.15) is 11.6 Å². The number of fused-ring (bicyclic) bond motifs is 2. The summed E-state index contributed by atoms with van der Waals surface area (Å²) in [4.78, 5) is 28.3. The van der Waals surface area contributed by atoms with Crippen molar-refractivity contribution in [1.82, 2.24) is 45.6 Å². The van der Waals surface area contributed by atoms with Crippen LogP contribution in [0.15, 0.2) is 12.1 Å². The van der Waals surface area contributed by atoms with Gasteiger partial charge in [-0.3, -0.25) is 14.5 Å². The van der Waals surface area contributed by atoms with E-state index in [1.165, 1.54) is 24.2 Å². The van der Waals surface area contributed by atoms with Crippen molar-refractivity contribution in [1.29, 1.82) is 0 Å². The first-order valence-electron chi connectivity index (χ1n) is 12.7. The molecule has 2 aliphatic heterocycles. The first-order valence-corrected chi connectivity index (χ1v) is 13.5. The molecule has 5 heterocycles. The number of aldehydes is 1. The van der Waals surface area contributed by atoms with Crippen LogP contribution in [0, 0.1) is 6.92 Å². The highest BCUT2D eigenvalue weighted by molar-refractivity contribution is 7.13. The Kier molecular flexibility index (Phi) is 7.24. The number of hydrogen-bond donors (Lipinski definition) is 2. The normalized spacial score (nSPS) is 22.7. The average molecular weight is 512 g/mol. The third-order valence-corrected chi connectivity index (χ3v) is 8.59. The smallest absolute Gasteiger partial charge is 0.228 e. The number of hydrogen-bond acceptors (Lipinski definition) is 9. The van der Waals surface area contributed by atoms with E-state index in [1.54, 1.807) is 0 Å². The lowest BCUT2D eigenvalue weighted by atomic mass is 9.95. The summed E-state index contributed by atoms with van der Waals surface area (Å²) in [5.74, 6) is 2.71. The molecule has 2 unspecified atom stereocenters. The van der Waals surface area contributed by atoms with Crippen LogP contribution in [-0.2, 0) is 11.2 Å². The predicted molar refractivity (Wildman–Crippen MR) is 134 cm³/mol. The Morgan fingerprint density at radius 2 is 1.97 bits per heavy atom. The second-order valence-corrected chi connectivity index (χ2v) is 11.3. The molecule has 0 aliphatic carbocycles. The summed E-state index contributed by atoms with van der Waals surface area (Å²) in [6, 6.07) is 5.05. The minimum atomic E-state index is -0.170. The summed E-state index contributed by atoms with van der Waals surface area (Å²) in [5, 5.41) is 25.5. The Labute approximate surface area is 214 Å². The average Bonchev–Trinajstić information content (AvgIpc) is 3.64. The number of piperidine rings is 1. The first-order chi connectivity index (χ1) is 17.4. The fraction of sp³-hybridized carbons (Fsp3) is 0.625. The molecule has 0 spiro atoms. The summed E-state index contributed by atoms with van der Waals surface area (Å²) in [5.41, 5.74) is 0. The van der Waals surface area contributed by atoms with E-state index in [9.17, 15) is 9.59 Å². The molecule has 2 fully saturated rings. The molecule has 2 aliphatic rings. The maximum atomic E-state index is 12.7. The number of carbonyl (C=O) groups is 2. The zero-order valence-electron chi connectivity index (χ0n) is 20.9. The van der Waals surface area contributed by atoms with E-state index >= 15 is 0 Å². The van der Waals surface area contributed by atoms with Crippen molar-refractivity contribution in [2.24, 2.45) is 0 Å². The predicted octanol–water partition coefficient (Wildman–Crippen LogP) is 2.76. The van der Waals surface area contributed by atoms with Gasteiger partial charge in [0.25, 0.3) is 0 Å². The first kappa shape index (κ1) is 24.7. The van der Waals surface area contributed by atoms with Gasteiger partial charge in [-0.25, -0.2) is 5.10 Å². The quantitative estimate of drug-likeness (QED) is 0.397. The minimum Gasteiger partial charge on any atom is -0.348 e. The van der Waals surface area contributed by atoms with Gasteiger partial charge in [0.2, 0.25) is 5.91 Å². The van der Waals surface area contributed by atoms with Crippen molar-refractivity contribution in [3.8, 4) is 0 Å². The SMILES string of the molecule is Cc1nnc(C(C)C)n1C1CC2CCC(C1)N2CC[C@H](NC(=O)Cc1nnn[nH]1)c1ccc(C=O)s1. The van der Waals surface area contributed by atoms with E-state index < -0.39 is 0 Å². The molecule has 0 aromatic carbocycles. The van der Waals surface area contributed by atoms with Crippen molar-refractivity contribution in [2.75, 3.05) is 6.54 Å². The van der Waals surface area contributed by atoms with Gasteiger partial charge < -0.3 is 9.88 Å². The van der Waals surface area contributed by atoms with Gasteiger partial charge in [0, 0.05) is 35.5 Å². The highest BCUT2D eigenvalue weighted by Gasteiger charge is 2.42. The third-order valence-electron chi connectivity index (χ3n) is 7.47. The van der Waals surface area contributed by atoms with Crippen LogP contribution in [-0.4, -0.2) is 71.1 Å². The van der Waals surface area contributed by atoms with Gasteiger partial charge in [-0.05, 0) is 61.6 Å². The summed E-state index contributed by atoms with van der Waals surface area (Å²) in [6.45, 7) is 7.31. The Morgan fingerprint density at radius 1 is 1.19 bits per heavy atom. The molecular formula is C24H33N9O2S. The molecule has 0 saturated carbocycles. The van der Waals surface area contributed by atoms with Crippen molar-refractivity contribution in [3.63, 3.8) is 0 Å². The van der Waals surface area contributed by atoms with Crippen molar-refractivity contribution in [3.05, 3.63) is 39.4 Å². The summed E-state index contributed by atoms with van der Waals surface area (Å²) >= 11 is 1.43. The summed E-state index contributed by atoms with van der Waals surface area (Å²) < 4.78 is 2.38. The molecule has 36 heavy (non-hydrogen) atoms. The lowest BCUT2D eigenvalue weighted by Crippen LogP contribution is -2.45. The number of rotatable bonds is 10. The number of nitrogens with zero attached hydrogens (tertiary/aromatic N) is 7. The van der Waals surface area contributed by atoms with Gasteiger partial charge in [-0.2, -0.15) is 0 Å². The van der Waals surface area contributed by atoms with E-state index in [-0.39, 0.29) is 18.4 Å². The van der Waals surface area contributed by atoms with E-state index in [0.717, 1.165) is 48.6 Å². The number of nitrogens with one attached hydrogen (secondary N) is 2. The topological polar surface area (TPSA) is 135 Å². The Bertz CT molecular complexity index is 1170. The number of carbonyl (C=O) groups excluding carboxylic acids is 2. The number of tetrazole rings is 1. The van der Waals surface area contributed by atoms with E-state index in [0.29, 0.717) is 34.7 Å². The molecule has 5 rings (SSSR count). The van der Waals surface area contributed by atoms with Gasteiger partial charge in [-0.15, -0.1) is 26.6 Å². The van der Waals surface area contributed by atoms with Crippen LogP contribution in [0.2, 0.25) is 0 Å². The van der Waals surface area contributed by atoms with Crippen molar-refractivity contribution in [2.45, 2.75) is 89.4 Å². The molecule has 0 radical (unpaired) electrons. The maximum absolute atomic E-state index is 12.7. The molecular weight excluding hydrogens is 478 g/mol. The van der Waals surface area contributed by atoms with E-state index in [1.807, 2.05) is 12.1 Å².